The van der Waals surface area contributed by atoms with Crippen LogP contribution in [0.25, 0.3) is 10.9 Å². The number of carboxylic acids is 1. The minimum Gasteiger partial charge on any atom is -0.505 e. The molecule has 1 heterocycles. The third-order valence-electron chi connectivity index (χ3n) is 3.37. The molecule has 3 rings (SSSR count). The molecule has 1 aromatic carbocycles. The van der Waals surface area contributed by atoms with E-state index in [-0.39, 0.29) is 17.2 Å². The van der Waals surface area contributed by atoms with Gasteiger partial charge in [0.15, 0.2) is 5.75 Å². The Morgan fingerprint density at radius 2 is 2.16 bits per heavy atom. The van der Waals surface area contributed by atoms with Gasteiger partial charge in [-0.1, -0.05) is 0 Å². The monoisotopic (exact) mass is 259 g/mol. The second-order valence-electron chi connectivity index (χ2n) is 4.68. The van der Waals surface area contributed by atoms with Gasteiger partial charge in [0.1, 0.15) is 11.3 Å². The Kier molecular flexibility index (Phi) is 2.55. The van der Waals surface area contributed by atoms with E-state index in [4.69, 9.17) is 4.74 Å². The highest BCUT2D eigenvalue weighted by molar-refractivity contribution is 6.05. The summed E-state index contributed by atoms with van der Waals surface area (Å²) < 4.78 is 5.08. The number of pyridine rings is 1. The molecule has 0 unspecified atom stereocenters. The maximum Gasteiger partial charge on any atom is 0.340 e. The van der Waals surface area contributed by atoms with Crippen molar-refractivity contribution in [2.45, 2.75) is 18.8 Å². The second-order valence-corrected chi connectivity index (χ2v) is 4.68. The van der Waals surface area contributed by atoms with Crippen molar-refractivity contribution in [1.29, 1.82) is 0 Å². The van der Waals surface area contributed by atoms with E-state index in [2.05, 4.69) is 4.98 Å². The van der Waals surface area contributed by atoms with Gasteiger partial charge in [-0.15, -0.1) is 0 Å². The molecule has 0 bridgehead atoms. The average Bonchev–Trinajstić information content (AvgIpc) is 3.21. The molecular weight excluding hydrogens is 246 g/mol. The van der Waals surface area contributed by atoms with Crippen LogP contribution in [0.5, 0.6) is 11.5 Å². The zero-order valence-electron chi connectivity index (χ0n) is 10.4. The highest BCUT2D eigenvalue weighted by Crippen LogP contribution is 2.45. The number of carboxylic acid groups (broad SMARTS) is 1. The number of aromatic carboxylic acids is 1. The minimum atomic E-state index is -1.15. The van der Waals surface area contributed by atoms with Gasteiger partial charge in [-0.05, 0) is 31.0 Å². The minimum absolute atomic E-state index is 0.0919. The van der Waals surface area contributed by atoms with Gasteiger partial charge < -0.3 is 14.9 Å². The first kappa shape index (κ1) is 11.8. The second kappa shape index (κ2) is 4.12. The molecule has 2 N–H and O–H groups in total. The molecule has 1 aliphatic rings. The molecule has 1 aromatic heterocycles. The van der Waals surface area contributed by atoms with Gasteiger partial charge in [0, 0.05) is 11.3 Å². The zero-order valence-corrected chi connectivity index (χ0v) is 10.4. The van der Waals surface area contributed by atoms with Crippen molar-refractivity contribution >= 4 is 16.9 Å². The van der Waals surface area contributed by atoms with Crippen molar-refractivity contribution in [1.82, 2.24) is 4.98 Å². The van der Waals surface area contributed by atoms with Crippen LogP contribution in [0.4, 0.5) is 0 Å². The number of fused-ring (bicyclic) bond motifs is 1. The molecule has 5 nitrogen and oxygen atoms in total. The van der Waals surface area contributed by atoms with Crippen molar-refractivity contribution in [2.75, 3.05) is 7.11 Å². The van der Waals surface area contributed by atoms with E-state index >= 15 is 0 Å². The summed E-state index contributed by atoms with van der Waals surface area (Å²) in [5.74, 6) is -0.643. The van der Waals surface area contributed by atoms with Crippen LogP contribution in [0, 0.1) is 0 Å². The Hall–Kier alpha value is -2.30. The summed E-state index contributed by atoms with van der Waals surface area (Å²) in [4.78, 5) is 15.8. The zero-order chi connectivity index (χ0) is 13.6. The van der Waals surface area contributed by atoms with Gasteiger partial charge in [-0.3, -0.25) is 0 Å². The summed E-state index contributed by atoms with van der Waals surface area (Å²) in [6.07, 6.45) is 1.89. The molecule has 0 amide bonds. The summed E-state index contributed by atoms with van der Waals surface area (Å²) in [7, 11) is 1.51. The largest absolute Gasteiger partial charge is 0.505 e. The predicted octanol–water partition coefficient (Wildman–Crippen LogP) is 2.52. The van der Waals surface area contributed by atoms with E-state index in [1.54, 1.807) is 18.2 Å². The van der Waals surface area contributed by atoms with Crippen LogP contribution in [-0.4, -0.2) is 28.3 Å². The average molecular weight is 259 g/mol. The summed E-state index contributed by atoms with van der Waals surface area (Å²) in [6.45, 7) is 0. The van der Waals surface area contributed by atoms with Crippen molar-refractivity contribution in [3.05, 3.63) is 29.5 Å². The molecule has 19 heavy (non-hydrogen) atoms. The molecule has 0 atom stereocenters. The quantitative estimate of drug-likeness (QED) is 0.885. The maximum atomic E-state index is 11.4. The molecule has 2 aromatic rings. The van der Waals surface area contributed by atoms with Crippen molar-refractivity contribution in [3.63, 3.8) is 0 Å². The Morgan fingerprint density at radius 1 is 1.42 bits per heavy atom. The fourth-order valence-corrected chi connectivity index (χ4v) is 2.24. The number of hydrogen-bond acceptors (Lipinski definition) is 4. The number of ether oxygens (including phenoxy) is 1. The molecule has 0 spiro atoms. The van der Waals surface area contributed by atoms with Gasteiger partial charge in [0.25, 0.3) is 0 Å². The molecule has 5 heteroatoms. The third-order valence-corrected chi connectivity index (χ3v) is 3.37. The molecule has 98 valence electrons. The fourth-order valence-electron chi connectivity index (χ4n) is 2.24. The van der Waals surface area contributed by atoms with E-state index < -0.39 is 5.97 Å². The topological polar surface area (TPSA) is 79.7 Å². The van der Waals surface area contributed by atoms with E-state index in [1.807, 2.05) is 0 Å². The number of methoxy groups -OCH3 is 1. The smallest absolute Gasteiger partial charge is 0.340 e. The van der Waals surface area contributed by atoms with Gasteiger partial charge in [0.05, 0.1) is 18.3 Å². The van der Waals surface area contributed by atoms with Crippen LogP contribution in [0.2, 0.25) is 0 Å². The summed E-state index contributed by atoms with van der Waals surface area (Å²) in [5.41, 5.74) is 0.971. The molecule has 0 radical (unpaired) electrons. The predicted molar refractivity (Wildman–Crippen MR) is 68.9 cm³/mol. The number of hydrogen-bond donors (Lipinski definition) is 2. The maximum absolute atomic E-state index is 11.4. The van der Waals surface area contributed by atoms with Crippen LogP contribution < -0.4 is 4.74 Å². The number of benzene rings is 1. The van der Waals surface area contributed by atoms with Crippen LogP contribution in [-0.2, 0) is 0 Å². The number of rotatable bonds is 3. The molecule has 0 aliphatic heterocycles. The lowest BCUT2D eigenvalue weighted by molar-refractivity contribution is 0.0695. The number of carbonyl (C=O) groups is 1. The molecule has 0 saturated heterocycles. The Labute approximate surface area is 109 Å². The van der Waals surface area contributed by atoms with Gasteiger partial charge in [-0.2, -0.15) is 0 Å². The third kappa shape index (κ3) is 1.87. The van der Waals surface area contributed by atoms with E-state index in [1.165, 1.54) is 7.11 Å². The first-order valence-electron chi connectivity index (χ1n) is 6.05. The van der Waals surface area contributed by atoms with Crippen LogP contribution >= 0.6 is 0 Å². The highest BCUT2D eigenvalue weighted by atomic mass is 16.5. The number of aromatic hydroxyl groups is 1. The number of aromatic nitrogens is 1. The first-order chi connectivity index (χ1) is 9.11. The van der Waals surface area contributed by atoms with Crippen LogP contribution in [0.15, 0.2) is 18.2 Å². The molecule has 1 aliphatic carbocycles. The Balaban J connectivity index is 2.34. The Morgan fingerprint density at radius 3 is 2.74 bits per heavy atom. The normalized spacial score (nSPS) is 14.6. The lowest BCUT2D eigenvalue weighted by Gasteiger charge is -2.10. The summed E-state index contributed by atoms with van der Waals surface area (Å²) in [6, 6.07) is 5.03. The van der Waals surface area contributed by atoms with E-state index in [0.29, 0.717) is 22.3 Å². The summed E-state index contributed by atoms with van der Waals surface area (Å²) >= 11 is 0. The van der Waals surface area contributed by atoms with E-state index in [9.17, 15) is 15.0 Å². The number of nitrogens with zero attached hydrogens (tertiary/aromatic N) is 1. The SMILES string of the molecule is COc1ccc2nc(C3CC3)c(O)c(C(=O)O)c2c1. The summed E-state index contributed by atoms with van der Waals surface area (Å²) in [5, 5.41) is 19.9. The van der Waals surface area contributed by atoms with Crippen LogP contribution in [0.3, 0.4) is 0 Å². The molecule has 1 saturated carbocycles. The van der Waals surface area contributed by atoms with Crippen molar-refractivity contribution < 1.29 is 19.7 Å². The first-order valence-corrected chi connectivity index (χ1v) is 6.05. The van der Waals surface area contributed by atoms with Gasteiger partial charge in [-0.25, -0.2) is 9.78 Å². The van der Waals surface area contributed by atoms with E-state index in [0.717, 1.165) is 12.8 Å². The Bertz CT molecular complexity index is 677. The van der Waals surface area contributed by atoms with Crippen molar-refractivity contribution in [3.8, 4) is 11.5 Å². The standard InChI is InChI=1S/C14H13NO4/c1-19-8-4-5-10-9(6-8)11(14(17)18)13(16)12(15-10)7-2-3-7/h4-7,16H,2-3H2,1H3,(H,17,18). The lowest BCUT2D eigenvalue weighted by Crippen LogP contribution is -2.03. The molecular formula is C14H13NO4. The lowest BCUT2D eigenvalue weighted by atomic mass is 10.0. The molecule has 1 fully saturated rings. The van der Waals surface area contributed by atoms with Crippen LogP contribution in [0.1, 0.15) is 34.8 Å². The fraction of sp³-hybridized carbons (Fsp3) is 0.286. The highest BCUT2D eigenvalue weighted by Gasteiger charge is 2.31. The van der Waals surface area contributed by atoms with Crippen molar-refractivity contribution in [2.24, 2.45) is 0 Å². The van der Waals surface area contributed by atoms with Gasteiger partial charge in [0.2, 0.25) is 0 Å². The van der Waals surface area contributed by atoms with Gasteiger partial charge >= 0.3 is 5.97 Å².